The third-order valence-corrected chi connectivity index (χ3v) is 5.00. The van der Waals surface area contributed by atoms with Gasteiger partial charge in [-0.1, -0.05) is 54.1 Å². The minimum Gasteiger partial charge on any atom is -0.423 e. The molecule has 33 heavy (non-hydrogen) atoms. The van der Waals surface area contributed by atoms with E-state index in [-0.39, 0.29) is 23.4 Å². The van der Waals surface area contributed by atoms with Crippen molar-refractivity contribution < 1.29 is 18.7 Å². The minimum absolute atomic E-state index is 0.103. The number of rotatable bonds is 6. The van der Waals surface area contributed by atoms with Gasteiger partial charge in [-0.05, 0) is 47.5 Å². The maximum atomic E-state index is 12.4. The predicted octanol–water partition coefficient (Wildman–Crippen LogP) is 5.00. The van der Waals surface area contributed by atoms with Crippen LogP contribution in [-0.4, -0.2) is 11.9 Å². The van der Waals surface area contributed by atoms with Crippen molar-refractivity contribution in [1.29, 1.82) is 0 Å². The van der Waals surface area contributed by atoms with Gasteiger partial charge in [0, 0.05) is 29.1 Å². The van der Waals surface area contributed by atoms with Gasteiger partial charge in [-0.3, -0.25) is 4.79 Å². The van der Waals surface area contributed by atoms with Crippen LogP contribution in [0, 0.1) is 0 Å². The number of benzene rings is 3. The molecule has 3 aromatic carbocycles. The summed E-state index contributed by atoms with van der Waals surface area (Å²) in [5.41, 5.74) is 1.02. The molecule has 1 N–H and O–H groups in total. The van der Waals surface area contributed by atoms with Gasteiger partial charge in [0.1, 0.15) is 16.9 Å². The number of carbonyl (C=O) groups is 2. The first-order chi connectivity index (χ1) is 16.0. The Kier molecular flexibility index (Phi) is 6.66. The first kappa shape index (κ1) is 22.0. The molecule has 0 radical (unpaired) electrons. The molecule has 1 aromatic heterocycles. The van der Waals surface area contributed by atoms with Crippen LogP contribution in [0.3, 0.4) is 0 Å². The summed E-state index contributed by atoms with van der Waals surface area (Å²) in [6.07, 6.45) is 2.88. The van der Waals surface area contributed by atoms with Gasteiger partial charge in [0.2, 0.25) is 0 Å². The van der Waals surface area contributed by atoms with E-state index in [1.807, 2.05) is 30.3 Å². The number of amides is 1. The molecule has 0 unspecified atom stereocenters. The van der Waals surface area contributed by atoms with Gasteiger partial charge < -0.3 is 14.5 Å². The predicted molar refractivity (Wildman–Crippen MR) is 126 cm³/mol. The summed E-state index contributed by atoms with van der Waals surface area (Å²) in [5, 5.41) is 3.83. The Morgan fingerprint density at radius 1 is 0.970 bits per heavy atom. The first-order valence-electron chi connectivity index (χ1n) is 10.0. The molecule has 1 heterocycles. The zero-order valence-electron chi connectivity index (χ0n) is 17.3. The second kappa shape index (κ2) is 9.97. The Bertz CT molecular complexity index is 1390. The highest BCUT2D eigenvalue weighted by atomic mass is 35.5. The Hall–Kier alpha value is -4.16. The van der Waals surface area contributed by atoms with Gasteiger partial charge in [-0.25, -0.2) is 9.59 Å². The molecule has 1 amide bonds. The van der Waals surface area contributed by atoms with E-state index in [2.05, 4.69) is 5.32 Å². The van der Waals surface area contributed by atoms with E-state index in [1.165, 1.54) is 18.2 Å². The molecular formula is C26H18ClNO5. The van der Waals surface area contributed by atoms with Crippen molar-refractivity contribution in [3.8, 4) is 5.75 Å². The number of nitrogens with one attached hydrogen (secondary N) is 1. The lowest BCUT2D eigenvalue weighted by Gasteiger charge is -2.06. The molecule has 0 aliphatic heterocycles. The average Bonchev–Trinajstić information content (AvgIpc) is 2.82. The van der Waals surface area contributed by atoms with E-state index in [0.29, 0.717) is 10.4 Å². The van der Waals surface area contributed by atoms with Gasteiger partial charge in [0.15, 0.2) is 0 Å². The van der Waals surface area contributed by atoms with Crippen molar-refractivity contribution in [2.24, 2.45) is 0 Å². The van der Waals surface area contributed by atoms with Gasteiger partial charge in [0.25, 0.3) is 5.91 Å². The van der Waals surface area contributed by atoms with Crippen LogP contribution in [0.4, 0.5) is 0 Å². The normalized spacial score (nSPS) is 10.9. The summed E-state index contributed by atoms with van der Waals surface area (Å²) in [6.45, 7) is 0.287. The monoisotopic (exact) mass is 459 g/mol. The first-order valence-corrected chi connectivity index (χ1v) is 10.4. The van der Waals surface area contributed by atoms with Crippen molar-refractivity contribution in [3.05, 3.63) is 117 Å². The van der Waals surface area contributed by atoms with Crippen molar-refractivity contribution in [3.63, 3.8) is 0 Å². The van der Waals surface area contributed by atoms with Gasteiger partial charge in [-0.15, -0.1) is 0 Å². The molecule has 0 atom stereocenters. The molecule has 164 valence electrons. The molecular weight excluding hydrogens is 442 g/mol. The van der Waals surface area contributed by atoms with Crippen LogP contribution in [0.15, 0.2) is 94.2 Å². The zero-order chi connectivity index (χ0) is 23.2. The largest absolute Gasteiger partial charge is 0.423 e. The molecule has 7 heteroatoms. The van der Waals surface area contributed by atoms with Crippen molar-refractivity contribution in [2.75, 3.05) is 0 Å². The van der Waals surface area contributed by atoms with Crippen molar-refractivity contribution in [1.82, 2.24) is 5.32 Å². The van der Waals surface area contributed by atoms with E-state index in [0.717, 1.165) is 11.1 Å². The van der Waals surface area contributed by atoms with Gasteiger partial charge in [-0.2, -0.15) is 0 Å². The topological polar surface area (TPSA) is 85.6 Å². The molecule has 0 bridgehead atoms. The molecule has 0 saturated heterocycles. The standard InChI is InChI=1S/C26H18ClNO5/c27-20-10-6-17(7-11-20)8-13-24(29)32-21-12-9-19-14-22(26(31)33-23(19)15-21)25(30)28-16-18-4-2-1-3-5-18/h1-15H,16H2,(H,28,30)/b13-8+. The summed E-state index contributed by atoms with van der Waals surface area (Å²) in [7, 11) is 0. The number of halogens is 1. The average molecular weight is 460 g/mol. The number of carbonyl (C=O) groups excluding carboxylic acids is 2. The molecule has 0 aliphatic rings. The van der Waals surface area contributed by atoms with Crippen LogP contribution in [-0.2, 0) is 11.3 Å². The van der Waals surface area contributed by atoms with E-state index >= 15 is 0 Å². The highest BCUT2D eigenvalue weighted by Crippen LogP contribution is 2.21. The maximum Gasteiger partial charge on any atom is 0.349 e. The maximum absolute atomic E-state index is 12.4. The summed E-state index contributed by atoms with van der Waals surface area (Å²) >= 11 is 5.84. The van der Waals surface area contributed by atoms with E-state index in [9.17, 15) is 14.4 Å². The number of hydrogen-bond donors (Lipinski definition) is 1. The summed E-state index contributed by atoms with van der Waals surface area (Å²) in [4.78, 5) is 36.9. The quantitative estimate of drug-likeness (QED) is 0.190. The van der Waals surface area contributed by atoms with Crippen molar-refractivity contribution >= 4 is 40.5 Å². The fourth-order valence-corrected chi connectivity index (χ4v) is 3.20. The molecule has 4 aromatic rings. The Morgan fingerprint density at radius 2 is 1.73 bits per heavy atom. The molecule has 0 aliphatic carbocycles. The van der Waals surface area contributed by atoms with E-state index < -0.39 is 17.5 Å². The SMILES string of the molecule is O=C(/C=C/c1ccc(Cl)cc1)Oc1ccc2cc(C(=O)NCc3ccccc3)c(=O)oc2c1. The molecule has 0 fully saturated rings. The zero-order valence-corrected chi connectivity index (χ0v) is 18.0. The van der Waals surface area contributed by atoms with Crippen LogP contribution < -0.4 is 15.7 Å². The lowest BCUT2D eigenvalue weighted by Crippen LogP contribution is -2.27. The number of fused-ring (bicyclic) bond motifs is 1. The molecule has 6 nitrogen and oxygen atoms in total. The van der Waals surface area contributed by atoms with Crippen LogP contribution >= 0.6 is 11.6 Å². The minimum atomic E-state index is -0.779. The lowest BCUT2D eigenvalue weighted by molar-refractivity contribution is -0.128. The Morgan fingerprint density at radius 3 is 2.48 bits per heavy atom. The van der Waals surface area contributed by atoms with Crippen molar-refractivity contribution in [2.45, 2.75) is 6.54 Å². The van der Waals surface area contributed by atoms with Crippen LogP contribution in [0.5, 0.6) is 5.75 Å². The second-order valence-electron chi connectivity index (χ2n) is 7.12. The highest BCUT2D eigenvalue weighted by Gasteiger charge is 2.14. The Labute approximate surface area is 194 Å². The Balaban J connectivity index is 1.45. The van der Waals surface area contributed by atoms with Gasteiger partial charge >= 0.3 is 11.6 Å². The molecule has 0 spiro atoms. The third kappa shape index (κ3) is 5.75. The number of ether oxygens (including phenoxy) is 1. The van der Waals surface area contributed by atoms with Crippen LogP contribution in [0.25, 0.3) is 17.0 Å². The van der Waals surface area contributed by atoms with Gasteiger partial charge in [0.05, 0.1) is 0 Å². The van der Waals surface area contributed by atoms with E-state index in [1.54, 1.807) is 42.5 Å². The summed E-state index contributed by atoms with van der Waals surface area (Å²) in [6, 6.07) is 22.4. The molecule has 4 rings (SSSR count). The summed E-state index contributed by atoms with van der Waals surface area (Å²) < 4.78 is 10.6. The van der Waals surface area contributed by atoms with Crippen LogP contribution in [0.2, 0.25) is 5.02 Å². The fraction of sp³-hybridized carbons (Fsp3) is 0.0385. The lowest BCUT2D eigenvalue weighted by atomic mass is 10.1. The summed E-state index contributed by atoms with van der Waals surface area (Å²) in [5.74, 6) is -0.918. The van der Waals surface area contributed by atoms with Crippen LogP contribution in [0.1, 0.15) is 21.5 Å². The smallest absolute Gasteiger partial charge is 0.349 e. The third-order valence-electron chi connectivity index (χ3n) is 4.75. The number of hydrogen-bond acceptors (Lipinski definition) is 5. The number of esters is 1. The fourth-order valence-electron chi connectivity index (χ4n) is 3.08. The highest BCUT2D eigenvalue weighted by molar-refractivity contribution is 6.30. The van der Waals surface area contributed by atoms with E-state index in [4.69, 9.17) is 20.8 Å². The molecule has 0 saturated carbocycles. The second-order valence-corrected chi connectivity index (χ2v) is 7.56.